The van der Waals surface area contributed by atoms with E-state index < -0.39 is 51.9 Å². The van der Waals surface area contributed by atoms with E-state index >= 15 is 0 Å². The fraction of sp³-hybridized carbons (Fsp3) is 0.440. The van der Waals surface area contributed by atoms with Crippen molar-refractivity contribution in [3.8, 4) is 0 Å². The van der Waals surface area contributed by atoms with Gasteiger partial charge in [0.15, 0.2) is 0 Å². The number of nitrogens with zero attached hydrogens (tertiary/aromatic N) is 2. The molecule has 0 bridgehead atoms. The molecule has 0 aromatic heterocycles. The SMILES string of the molecule is CCC(C(=O)NCC(C)C)N(Cc1ccccc1)C(=O)CN(c1cc(C(F)(F)F)ccc1Cl)S(C)(=O)=O. The van der Waals surface area contributed by atoms with Crippen LogP contribution in [0.3, 0.4) is 0 Å². The summed E-state index contributed by atoms with van der Waals surface area (Å²) in [6.45, 7) is 5.05. The molecular weight excluding hydrogens is 531 g/mol. The largest absolute Gasteiger partial charge is 0.416 e. The lowest BCUT2D eigenvalue weighted by molar-refractivity contribution is -0.140. The zero-order chi connectivity index (χ0) is 28.0. The summed E-state index contributed by atoms with van der Waals surface area (Å²) in [5, 5.41) is 2.52. The molecule has 7 nitrogen and oxygen atoms in total. The summed E-state index contributed by atoms with van der Waals surface area (Å²) in [6.07, 6.45) is -3.76. The van der Waals surface area contributed by atoms with Gasteiger partial charge < -0.3 is 10.2 Å². The van der Waals surface area contributed by atoms with E-state index in [0.29, 0.717) is 22.5 Å². The van der Waals surface area contributed by atoms with E-state index in [9.17, 15) is 31.2 Å². The Hall–Kier alpha value is -2.79. The number of halogens is 4. The molecule has 12 heteroatoms. The number of sulfonamides is 1. The van der Waals surface area contributed by atoms with Gasteiger partial charge in [-0.25, -0.2) is 8.42 Å². The van der Waals surface area contributed by atoms with Crippen LogP contribution in [0.15, 0.2) is 48.5 Å². The van der Waals surface area contributed by atoms with Gasteiger partial charge in [0.25, 0.3) is 0 Å². The Bertz CT molecular complexity index is 1190. The summed E-state index contributed by atoms with van der Waals surface area (Å²) in [5.74, 6) is -1.03. The standard InChI is InChI=1S/C25H31ClF3N3O4S/c1-5-21(24(34)30-14-17(2)3)31(15-18-9-7-6-8-10-18)23(33)16-32(37(4,35)36)22-13-19(25(27,28)29)11-12-20(22)26/h6-13,17,21H,5,14-16H2,1-4H3,(H,30,34). The highest BCUT2D eigenvalue weighted by Gasteiger charge is 2.35. The Morgan fingerprint density at radius 3 is 2.22 bits per heavy atom. The molecule has 0 heterocycles. The smallest absolute Gasteiger partial charge is 0.354 e. The molecule has 1 N–H and O–H groups in total. The summed E-state index contributed by atoms with van der Waals surface area (Å²) < 4.78 is 65.8. The molecule has 0 saturated carbocycles. The van der Waals surface area contributed by atoms with E-state index in [1.54, 1.807) is 37.3 Å². The maximum Gasteiger partial charge on any atom is 0.416 e. The van der Waals surface area contributed by atoms with Gasteiger partial charge in [-0.3, -0.25) is 13.9 Å². The number of benzene rings is 2. The Labute approximate surface area is 220 Å². The van der Waals surface area contributed by atoms with Gasteiger partial charge in [0.2, 0.25) is 21.8 Å². The molecular formula is C25H31ClF3N3O4S. The Balaban J connectivity index is 2.50. The quantitative estimate of drug-likeness (QED) is 0.431. The average Bonchev–Trinajstić information content (AvgIpc) is 2.80. The van der Waals surface area contributed by atoms with Crippen LogP contribution < -0.4 is 9.62 Å². The molecule has 0 saturated heterocycles. The zero-order valence-corrected chi connectivity index (χ0v) is 22.6. The van der Waals surface area contributed by atoms with Crippen molar-refractivity contribution in [3.05, 3.63) is 64.7 Å². The third kappa shape index (κ3) is 8.63. The molecule has 0 aliphatic carbocycles. The molecule has 2 aromatic rings. The van der Waals surface area contributed by atoms with Crippen LogP contribution in [-0.4, -0.2) is 50.5 Å². The first-order valence-corrected chi connectivity index (χ1v) is 13.8. The highest BCUT2D eigenvalue weighted by Crippen LogP contribution is 2.36. The molecule has 204 valence electrons. The van der Waals surface area contributed by atoms with Crippen LogP contribution in [0.25, 0.3) is 0 Å². The highest BCUT2D eigenvalue weighted by atomic mass is 35.5. The summed E-state index contributed by atoms with van der Waals surface area (Å²) in [7, 11) is -4.24. The second-order valence-electron chi connectivity index (χ2n) is 9.00. The normalized spacial score (nSPS) is 12.8. The second-order valence-corrected chi connectivity index (χ2v) is 11.3. The first-order valence-electron chi connectivity index (χ1n) is 11.6. The predicted octanol–water partition coefficient (Wildman–Crippen LogP) is 4.70. The first-order chi connectivity index (χ1) is 17.1. The number of hydrogen-bond acceptors (Lipinski definition) is 4. The molecule has 0 aliphatic heterocycles. The first kappa shape index (κ1) is 30.4. The number of rotatable bonds is 11. The molecule has 37 heavy (non-hydrogen) atoms. The van der Waals surface area contributed by atoms with Crippen LogP contribution in [0.4, 0.5) is 18.9 Å². The molecule has 0 spiro atoms. The Morgan fingerprint density at radius 2 is 1.70 bits per heavy atom. The van der Waals surface area contributed by atoms with E-state index in [4.69, 9.17) is 11.6 Å². The van der Waals surface area contributed by atoms with Gasteiger partial charge in [-0.1, -0.05) is 62.7 Å². The topological polar surface area (TPSA) is 86.8 Å². The third-order valence-electron chi connectivity index (χ3n) is 5.49. The number of amides is 2. The summed E-state index contributed by atoms with van der Waals surface area (Å²) in [5.41, 5.74) is -0.910. The molecule has 0 fully saturated rings. The van der Waals surface area contributed by atoms with Crippen molar-refractivity contribution in [2.24, 2.45) is 5.92 Å². The average molecular weight is 562 g/mol. The zero-order valence-electron chi connectivity index (χ0n) is 21.0. The monoisotopic (exact) mass is 561 g/mol. The van der Waals surface area contributed by atoms with Crippen molar-refractivity contribution in [1.29, 1.82) is 0 Å². The predicted molar refractivity (Wildman–Crippen MR) is 138 cm³/mol. The fourth-order valence-electron chi connectivity index (χ4n) is 3.60. The van der Waals surface area contributed by atoms with Gasteiger partial charge in [0.1, 0.15) is 12.6 Å². The van der Waals surface area contributed by atoms with Gasteiger partial charge in [-0.05, 0) is 36.1 Å². The Morgan fingerprint density at radius 1 is 1.08 bits per heavy atom. The van der Waals surface area contributed by atoms with Gasteiger partial charge in [-0.2, -0.15) is 13.2 Å². The van der Waals surface area contributed by atoms with E-state index in [-0.39, 0.29) is 23.9 Å². The van der Waals surface area contributed by atoms with Crippen molar-refractivity contribution < 1.29 is 31.2 Å². The van der Waals surface area contributed by atoms with Crippen LogP contribution in [0, 0.1) is 5.92 Å². The Kier molecular flexibility index (Phi) is 10.4. The number of hydrogen-bond donors (Lipinski definition) is 1. The van der Waals surface area contributed by atoms with E-state index in [2.05, 4.69) is 5.32 Å². The van der Waals surface area contributed by atoms with E-state index in [1.807, 2.05) is 13.8 Å². The van der Waals surface area contributed by atoms with E-state index in [0.717, 1.165) is 18.4 Å². The summed E-state index contributed by atoms with van der Waals surface area (Å²) in [4.78, 5) is 27.8. The van der Waals surface area contributed by atoms with Crippen molar-refractivity contribution >= 4 is 39.1 Å². The lowest BCUT2D eigenvalue weighted by Crippen LogP contribution is -2.52. The lowest BCUT2D eigenvalue weighted by atomic mass is 10.1. The molecule has 2 aromatic carbocycles. The number of alkyl halides is 3. The molecule has 0 radical (unpaired) electrons. The number of carbonyl (C=O) groups excluding carboxylic acids is 2. The molecule has 2 amide bonds. The lowest BCUT2D eigenvalue weighted by Gasteiger charge is -2.33. The number of nitrogens with one attached hydrogen (secondary N) is 1. The second kappa shape index (κ2) is 12.6. The number of anilines is 1. The minimum atomic E-state index is -4.76. The summed E-state index contributed by atoms with van der Waals surface area (Å²) in [6, 6.07) is 10.1. The van der Waals surface area contributed by atoms with Crippen LogP contribution in [0.1, 0.15) is 38.3 Å². The van der Waals surface area contributed by atoms with E-state index in [1.165, 1.54) is 4.90 Å². The van der Waals surface area contributed by atoms with Crippen LogP contribution in [0.5, 0.6) is 0 Å². The van der Waals surface area contributed by atoms with Crippen molar-refractivity contribution in [2.45, 2.75) is 46.0 Å². The van der Waals surface area contributed by atoms with Crippen LogP contribution in [-0.2, 0) is 32.3 Å². The highest BCUT2D eigenvalue weighted by molar-refractivity contribution is 7.92. The molecule has 0 aliphatic rings. The van der Waals surface area contributed by atoms with Crippen molar-refractivity contribution in [2.75, 3.05) is 23.7 Å². The van der Waals surface area contributed by atoms with Crippen molar-refractivity contribution in [3.63, 3.8) is 0 Å². The van der Waals surface area contributed by atoms with Crippen LogP contribution >= 0.6 is 11.6 Å². The molecule has 1 atom stereocenters. The molecule has 2 rings (SSSR count). The number of carbonyl (C=O) groups is 2. The maximum absolute atomic E-state index is 13.6. The minimum absolute atomic E-state index is 0.0127. The van der Waals surface area contributed by atoms with Gasteiger partial charge >= 0.3 is 6.18 Å². The maximum atomic E-state index is 13.6. The summed E-state index contributed by atoms with van der Waals surface area (Å²) >= 11 is 6.09. The minimum Gasteiger partial charge on any atom is -0.354 e. The molecule has 1 unspecified atom stereocenters. The van der Waals surface area contributed by atoms with Crippen LogP contribution in [0.2, 0.25) is 5.02 Å². The van der Waals surface area contributed by atoms with Gasteiger partial charge in [0, 0.05) is 13.1 Å². The van der Waals surface area contributed by atoms with Gasteiger partial charge in [-0.15, -0.1) is 0 Å². The van der Waals surface area contributed by atoms with Crippen molar-refractivity contribution in [1.82, 2.24) is 10.2 Å². The van der Waals surface area contributed by atoms with Gasteiger partial charge in [0.05, 0.1) is 22.5 Å². The third-order valence-corrected chi connectivity index (χ3v) is 6.93. The fourth-order valence-corrected chi connectivity index (χ4v) is 4.72.